The molecule has 2 heterocycles. The molecule has 0 saturated carbocycles. The van der Waals surface area contributed by atoms with E-state index in [0.29, 0.717) is 23.0 Å². The standard InChI is InChI=1S/C16H17N3O4S/c1-2-22-16(21)23-12-8-18-14-13(12)10-7-9(24-6-5-17)3-4-11(10)19-15(14)20/h3-4,7-8,18H,2,5-6,17H2,1H3,(H,19,20). The van der Waals surface area contributed by atoms with Gasteiger partial charge < -0.3 is 25.2 Å². The Kier molecular flexibility index (Phi) is 4.77. The molecule has 8 heteroatoms. The van der Waals surface area contributed by atoms with Crippen LogP contribution >= 0.6 is 11.8 Å². The minimum Gasteiger partial charge on any atom is -0.434 e. The number of nitrogens with one attached hydrogen (secondary N) is 2. The second-order valence-electron chi connectivity index (χ2n) is 4.99. The Hall–Kier alpha value is -2.45. The lowest BCUT2D eigenvalue weighted by Gasteiger charge is -2.06. The van der Waals surface area contributed by atoms with E-state index < -0.39 is 6.16 Å². The van der Waals surface area contributed by atoms with Crippen molar-refractivity contribution in [3.63, 3.8) is 0 Å². The molecule has 4 N–H and O–H groups in total. The second-order valence-corrected chi connectivity index (χ2v) is 6.15. The lowest BCUT2D eigenvalue weighted by molar-refractivity contribution is 0.105. The molecule has 0 bridgehead atoms. The summed E-state index contributed by atoms with van der Waals surface area (Å²) >= 11 is 1.62. The SMILES string of the molecule is CCOC(=O)Oc1c[nH]c2c(=O)[nH]c3ccc(SCCN)cc3c12. The molecule has 7 nitrogen and oxygen atoms in total. The van der Waals surface area contributed by atoms with E-state index in [-0.39, 0.29) is 17.9 Å². The van der Waals surface area contributed by atoms with E-state index in [0.717, 1.165) is 16.0 Å². The predicted molar refractivity (Wildman–Crippen MR) is 93.9 cm³/mol. The van der Waals surface area contributed by atoms with Crippen molar-refractivity contribution in [1.29, 1.82) is 0 Å². The lowest BCUT2D eigenvalue weighted by atomic mass is 10.1. The van der Waals surface area contributed by atoms with Crippen molar-refractivity contribution in [2.24, 2.45) is 5.73 Å². The Morgan fingerprint density at radius 1 is 1.38 bits per heavy atom. The van der Waals surface area contributed by atoms with Gasteiger partial charge in [0.25, 0.3) is 5.56 Å². The van der Waals surface area contributed by atoms with Gasteiger partial charge in [0.05, 0.1) is 12.0 Å². The van der Waals surface area contributed by atoms with Crippen molar-refractivity contribution >= 4 is 39.7 Å². The number of nitrogens with two attached hydrogens (primary N) is 1. The molecule has 1 aromatic carbocycles. The number of hydrogen-bond donors (Lipinski definition) is 3. The van der Waals surface area contributed by atoms with Gasteiger partial charge in [-0.05, 0) is 25.1 Å². The van der Waals surface area contributed by atoms with E-state index in [2.05, 4.69) is 9.97 Å². The largest absolute Gasteiger partial charge is 0.513 e. The average Bonchev–Trinajstić information content (AvgIpc) is 2.98. The number of thioether (sulfide) groups is 1. The Morgan fingerprint density at radius 3 is 2.96 bits per heavy atom. The fourth-order valence-corrected chi connectivity index (χ4v) is 3.18. The van der Waals surface area contributed by atoms with Crippen LogP contribution in [0.3, 0.4) is 0 Å². The molecule has 0 radical (unpaired) electrons. The van der Waals surface area contributed by atoms with Gasteiger partial charge in [-0.3, -0.25) is 4.79 Å². The van der Waals surface area contributed by atoms with Crippen molar-refractivity contribution in [3.05, 3.63) is 34.7 Å². The van der Waals surface area contributed by atoms with Crippen LogP contribution in [0.25, 0.3) is 21.8 Å². The molecule has 0 amide bonds. The Labute approximate surface area is 141 Å². The van der Waals surface area contributed by atoms with Crippen molar-refractivity contribution in [3.8, 4) is 5.75 Å². The summed E-state index contributed by atoms with van der Waals surface area (Å²) in [7, 11) is 0. The summed E-state index contributed by atoms with van der Waals surface area (Å²) in [5, 5.41) is 1.34. The van der Waals surface area contributed by atoms with Gasteiger partial charge >= 0.3 is 6.16 Å². The van der Waals surface area contributed by atoms with Crippen molar-refractivity contribution < 1.29 is 14.3 Å². The highest BCUT2D eigenvalue weighted by Crippen LogP contribution is 2.32. The van der Waals surface area contributed by atoms with E-state index in [1.807, 2.05) is 18.2 Å². The smallest absolute Gasteiger partial charge is 0.434 e. The van der Waals surface area contributed by atoms with Crippen molar-refractivity contribution in [2.75, 3.05) is 18.9 Å². The third-order valence-electron chi connectivity index (χ3n) is 3.42. The van der Waals surface area contributed by atoms with E-state index in [1.54, 1.807) is 18.7 Å². The summed E-state index contributed by atoms with van der Waals surface area (Å²) in [6, 6.07) is 5.69. The van der Waals surface area contributed by atoms with Gasteiger partial charge in [-0.25, -0.2) is 4.79 Å². The predicted octanol–water partition coefficient (Wildman–Crippen LogP) is 2.60. The zero-order valence-corrected chi connectivity index (χ0v) is 13.9. The number of rotatable bonds is 5. The Balaban J connectivity index is 2.16. The summed E-state index contributed by atoms with van der Waals surface area (Å²) in [5.41, 5.74) is 6.28. The van der Waals surface area contributed by atoms with Crippen LogP contribution in [-0.4, -0.2) is 35.0 Å². The van der Waals surface area contributed by atoms with E-state index in [1.165, 1.54) is 6.20 Å². The first kappa shape index (κ1) is 16.4. The fourth-order valence-electron chi connectivity index (χ4n) is 2.46. The number of H-pyrrole nitrogens is 2. The third-order valence-corrected chi connectivity index (χ3v) is 4.45. The summed E-state index contributed by atoms with van der Waals surface area (Å²) in [5.74, 6) is 1.05. The van der Waals surface area contributed by atoms with Crippen LogP contribution in [0.4, 0.5) is 4.79 Å². The summed E-state index contributed by atoms with van der Waals surface area (Å²) in [4.78, 5) is 30.5. The van der Waals surface area contributed by atoms with E-state index >= 15 is 0 Å². The third kappa shape index (κ3) is 3.10. The van der Waals surface area contributed by atoms with E-state index in [4.69, 9.17) is 15.2 Å². The van der Waals surface area contributed by atoms with Crippen molar-refractivity contribution in [1.82, 2.24) is 9.97 Å². The van der Waals surface area contributed by atoms with Gasteiger partial charge in [-0.15, -0.1) is 11.8 Å². The molecule has 24 heavy (non-hydrogen) atoms. The topological polar surface area (TPSA) is 110 Å². The number of carbonyl (C=O) groups excluding carboxylic acids is 1. The minimum absolute atomic E-state index is 0.211. The van der Waals surface area contributed by atoms with Crippen LogP contribution in [0, 0.1) is 0 Å². The summed E-state index contributed by atoms with van der Waals surface area (Å²) < 4.78 is 10.0. The van der Waals surface area contributed by atoms with Crippen LogP contribution in [0.1, 0.15) is 6.92 Å². The van der Waals surface area contributed by atoms with Gasteiger partial charge in [0.15, 0.2) is 5.75 Å². The zero-order valence-electron chi connectivity index (χ0n) is 13.0. The molecule has 3 rings (SSSR count). The molecule has 0 aliphatic carbocycles. The first-order valence-corrected chi connectivity index (χ1v) is 8.47. The highest BCUT2D eigenvalue weighted by molar-refractivity contribution is 7.99. The maximum absolute atomic E-state index is 12.2. The molecule has 3 aromatic rings. The number of fused-ring (bicyclic) bond motifs is 3. The molecule has 2 aromatic heterocycles. The maximum Gasteiger partial charge on any atom is 0.513 e. The number of pyridine rings is 1. The van der Waals surface area contributed by atoms with Gasteiger partial charge in [0, 0.05) is 34.3 Å². The molecular formula is C16H17N3O4S. The van der Waals surface area contributed by atoms with Crippen LogP contribution in [-0.2, 0) is 4.74 Å². The molecule has 0 fully saturated rings. The number of aromatic amines is 2. The molecule has 0 saturated heterocycles. The maximum atomic E-state index is 12.2. The summed E-state index contributed by atoms with van der Waals surface area (Å²) in [6.07, 6.45) is 0.677. The fraction of sp³-hybridized carbons (Fsp3) is 0.250. The Bertz CT molecular complexity index is 948. The molecule has 0 atom stereocenters. The minimum atomic E-state index is -0.805. The van der Waals surface area contributed by atoms with Crippen LogP contribution in [0.15, 0.2) is 34.1 Å². The molecule has 0 spiro atoms. The molecule has 0 aliphatic heterocycles. The first-order valence-electron chi connectivity index (χ1n) is 7.48. The monoisotopic (exact) mass is 347 g/mol. The number of ether oxygens (including phenoxy) is 2. The molecule has 0 unspecified atom stereocenters. The zero-order chi connectivity index (χ0) is 17.1. The number of benzene rings is 1. The number of carbonyl (C=O) groups is 1. The quantitative estimate of drug-likeness (QED) is 0.483. The summed E-state index contributed by atoms with van der Waals surface area (Å²) in [6.45, 7) is 2.48. The van der Waals surface area contributed by atoms with Gasteiger partial charge in [0.2, 0.25) is 0 Å². The van der Waals surface area contributed by atoms with Crippen molar-refractivity contribution in [2.45, 2.75) is 11.8 Å². The number of aromatic nitrogens is 2. The van der Waals surface area contributed by atoms with Crippen LogP contribution in [0.2, 0.25) is 0 Å². The van der Waals surface area contributed by atoms with Crippen LogP contribution in [0.5, 0.6) is 5.75 Å². The highest BCUT2D eigenvalue weighted by atomic mass is 32.2. The first-order chi connectivity index (χ1) is 11.6. The molecule has 126 valence electrons. The normalized spacial score (nSPS) is 11.1. The van der Waals surface area contributed by atoms with Gasteiger partial charge in [0.1, 0.15) is 5.52 Å². The van der Waals surface area contributed by atoms with Crippen LogP contribution < -0.4 is 16.0 Å². The number of hydrogen-bond acceptors (Lipinski definition) is 6. The Morgan fingerprint density at radius 2 is 2.21 bits per heavy atom. The van der Waals surface area contributed by atoms with E-state index in [9.17, 15) is 9.59 Å². The highest BCUT2D eigenvalue weighted by Gasteiger charge is 2.16. The van der Waals surface area contributed by atoms with Gasteiger partial charge in [-0.2, -0.15) is 0 Å². The molecule has 0 aliphatic rings. The lowest BCUT2D eigenvalue weighted by Crippen LogP contribution is -2.10. The van der Waals surface area contributed by atoms with Gasteiger partial charge in [-0.1, -0.05) is 0 Å². The average molecular weight is 347 g/mol. The molecular weight excluding hydrogens is 330 g/mol. The second kappa shape index (κ2) is 6.98.